The molecule has 4 rings (SSSR count). The van der Waals surface area contributed by atoms with Crippen molar-refractivity contribution >= 4 is 75.1 Å². The van der Waals surface area contributed by atoms with Crippen LogP contribution in [0.15, 0.2) is 94.7 Å². The van der Waals surface area contributed by atoms with Crippen molar-refractivity contribution in [3.8, 4) is 0 Å². The fraction of sp³-hybridized carbons (Fsp3) is 0.154. The lowest BCUT2D eigenvalue weighted by Gasteiger charge is -2.17. The molecule has 0 aliphatic heterocycles. The van der Waals surface area contributed by atoms with E-state index in [9.17, 15) is 36.6 Å². The van der Waals surface area contributed by atoms with Crippen molar-refractivity contribution in [3.05, 3.63) is 84.9 Å². The molecule has 2 atom stereocenters. The molecule has 0 fully saturated rings. The molecule has 0 saturated carbocycles. The summed E-state index contributed by atoms with van der Waals surface area (Å²) in [7, 11) is -6.60. The summed E-state index contributed by atoms with van der Waals surface area (Å²) >= 11 is 0. The van der Waals surface area contributed by atoms with Crippen molar-refractivity contribution < 1.29 is 36.6 Å². The number of hydrogen-bond acceptors (Lipinski definition) is 8. The third-order valence-corrected chi connectivity index (χ3v) is 11.3. The zero-order valence-electron chi connectivity index (χ0n) is 20.6. The predicted molar refractivity (Wildman–Crippen MR) is 156 cm³/mol. The number of aliphatic carboxylic acids is 2. The fourth-order valence-corrected chi connectivity index (χ4v) is 9.26. The number of rotatable bonds is 13. The van der Waals surface area contributed by atoms with E-state index in [2.05, 4.69) is 9.44 Å². The van der Waals surface area contributed by atoms with Crippen molar-refractivity contribution in [1.82, 2.24) is 9.44 Å². The van der Waals surface area contributed by atoms with Crippen LogP contribution in [0.1, 0.15) is 0 Å². The maximum atomic E-state index is 13.0. The lowest BCUT2D eigenvalue weighted by Crippen LogP contribution is -2.43. The second-order valence-electron chi connectivity index (χ2n) is 8.55. The zero-order chi connectivity index (χ0) is 28.9. The van der Waals surface area contributed by atoms with Gasteiger partial charge in [-0.2, -0.15) is 9.44 Å². The molecule has 0 unspecified atom stereocenters. The molecule has 0 radical (unpaired) electrons. The summed E-state index contributed by atoms with van der Waals surface area (Å²) in [6, 6.07) is 19.9. The number of carbonyl (C=O) groups is 2. The van der Waals surface area contributed by atoms with Crippen LogP contribution in [0.4, 0.5) is 0 Å². The Bertz CT molecular complexity index is 1640. The van der Waals surface area contributed by atoms with Crippen LogP contribution in [-0.4, -0.2) is 62.6 Å². The maximum Gasteiger partial charge on any atom is 0.322 e. The minimum absolute atomic E-state index is 0.0664. The summed E-state index contributed by atoms with van der Waals surface area (Å²) in [6.45, 7) is 0. The highest BCUT2D eigenvalue weighted by Gasteiger charge is 2.29. The molecule has 4 aromatic carbocycles. The topological polar surface area (TPSA) is 167 Å². The molecule has 0 heterocycles. The van der Waals surface area contributed by atoms with E-state index in [1.54, 1.807) is 72.8 Å². The second-order valence-corrected chi connectivity index (χ2v) is 14.5. The van der Waals surface area contributed by atoms with Gasteiger partial charge in [0.25, 0.3) is 0 Å². The van der Waals surface area contributed by atoms with E-state index in [1.807, 2.05) is 0 Å². The summed E-state index contributed by atoms with van der Waals surface area (Å²) in [4.78, 5) is 23.5. The highest BCUT2D eigenvalue weighted by atomic mass is 33.1. The summed E-state index contributed by atoms with van der Waals surface area (Å²) in [5, 5.41) is 21.5. The maximum absolute atomic E-state index is 13.0. The molecule has 0 aliphatic carbocycles. The molecule has 0 spiro atoms. The van der Waals surface area contributed by atoms with Crippen LogP contribution in [0, 0.1) is 0 Å². The molecule has 4 aromatic rings. The summed E-state index contributed by atoms with van der Waals surface area (Å²) in [5.41, 5.74) is 0. The van der Waals surface area contributed by atoms with Gasteiger partial charge in [0, 0.05) is 22.3 Å². The fourth-order valence-electron chi connectivity index (χ4n) is 3.91. The van der Waals surface area contributed by atoms with Crippen molar-refractivity contribution in [1.29, 1.82) is 0 Å². The average Bonchev–Trinajstić information content (AvgIpc) is 2.93. The molecule has 4 N–H and O–H groups in total. The first kappa shape index (κ1) is 29.8. The highest BCUT2D eigenvalue weighted by molar-refractivity contribution is 8.76. The Morgan fingerprint density at radius 1 is 0.600 bits per heavy atom. The largest absolute Gasteiger partial charge is 0.480 e. The third kappa shape index (κ3) is 6.95. The van der Waals surface area contributed by atoms with Crippen LogP contribution in [0.5, 0.6) is 0 Å². The Balaban J connectivity index is 1.41. The summed E-state index contributed by atoms with van der Waals surface area (Å²) in [6.07, 6.45) is 0. The molecule has 0 bridgehead atoms. The standard InChI is InChI=1S/C26H24N2O8S4/c29-25(30)21(27-39(33,34)23-13-5-9-17-7-1-3-11-19(17)23)15-37-38-16-22(26(31)32)28-40(35,36)24-14-6-10-18-8-2-4-12-20(18)24/h1-14,21-22,27-28H,15-16H2,(H,29,30)(H,31,32)/t21-,22-/m0/s1. The number of benzene rings is 4. The van der Waals surface area contributed by atoms with E-state index in [0.717, 1.165) is 21.6 Å². The van der Waals surface area contributed by atoms with Gasteiger partial charge in [0.15, 0.2) is 0 Å². The molecule has 10 nitrogen and oxygen atoms in total. The van der Waals surface area contributed by atoms with Gasteiger partial charge in [-0.15, -0.1) is 0 Å². The Hall–Kier alpha value is -3.14. The van der Waals surface area contributed by atoms with Crippen LogP contribution in [-0.2, 0) is 29.6 Å². The second kappa shape index (κ2) is 12.6. The van der Waals surface area contributed by atoms with E-state index in [4.69, 9.17) is 0 Å². The van der Waals surface area contributed by atoms with Crippen molar-refractivity contribution in [2.75, 3.05) is 11.5 Å². The zero-order valence-corrected chi connectivity index (χ0v) is 23.9. The van der Waals surface area contributed by atoms with Gasteiger partial charge in [-0.3, -0.25) is 9.59 Å². The third-order valence-electron chi connectivity index (χ3n) is 5.82. The Morgan fingerprint density at radius 2 is 0.950 bits per heavy atom. The molecular formula is C26H24N2O8S4. The molecular weight excluding hydrogens is 597 g/mol. The van der Waals surface area contributed by atoms with E-state index in [1.165, 1.54) is 12.1 Å². The van der Waals surface area contributed by atoms with Crippen LogP contribution < -0.4 is 9.44 Å². The van der Waals surface area contributed by atoms with Gasteiger partial charge in [0.2, 0.25) is 20.0 Å². The average molecular weight is 621 g/mol. The van der Waals surface area contributed by atoms with Crippen LogP contribution in [0.2, 0.25) is 0 Å². The first-order chi connectivity index (χ1) is 19.0. The SMILES string of the molecule is O=C(O)[C@H](CSSC[C@H](NS(=O)(=O)c1cccc2ccccc12)C(=O)O)NS(=O)(=O)c1cccc2ccccc12. The minimum atomic E-state index is -4.21. The van der Waals surface area contributed by atoms with Crippen molar-refractivity contribution in [2.45, 2.75) is 21.9 Å². The van der Waals surface area contributed by atoms with Gasteiger partial charge in [-0.1, -0.05) is 94.4 Å². The minimum Gasteiger partial charge on any atom is -0.480 e. The molecule has 0 aliphatic rings. The van der Waals surface area contributed by atoms with Crippen molar-refractivity contribution in [3.63, 3.8) is 0 Å². The number of hydrogen-bond donors (Lipinski definition) is 4. The van der Waals surface area contributed by atoms with E-state index in [-0.39, 0.29) is 21.3 Å². The van der Waals surface area contributed by atoms with Gasteiger partial charge in [0.05, 0.1) is 9.79 Å². The summed E-state index contributed by atoms with van der Waals surface area (Å²) in [5.74, 6) is -3.31. The van der Waals surface area contributed by atoms with Gasteiger partial charge in [-0.05, 0) is 22.9 Å². The number of sulfonamides is 2. The number of carboxylic acids is 2. The molecule has 210 valence electrons. The lowest BCUT2D eigenvalue weighted by molar-refractivity contribution is -0.139. The summed E-state index contributed by atoms with van der Waals surface area (Å²) < 4.78 is 56.5. The first-order valence-electron chi connectivity index (χ1n) is 11.7. The van der Waals surface area contributed by atoms with E-state index in [0.29, 0.717) is 21.5 Å². The molecule has 40 heavy (non-hydrogen) atoms. The number of carboxylic acid groups (broad SMARTS) is 2. The van der Waals surface area contributed by atoms with E-state index < -0.39 is 44.1 Å². The Labute approximate surface area is 238 Å². The van der Waals surface area contributed by atoms with Crippen molar-refractivity contribution in [2.24, 2.45) is 0 Å². The van der Waals surface area contributed by atoms with Crippen LogP contribution in [0.25, 0.3) is 21.5 Å². The molecule has 14 heteroatoms. The highest BCUT2D eigenvalue weighted by Crippen LogP contribution is 2.27. The van der Waals surface area contributed by atoms with Gasteiger partial charge >= 0.3 is 11.9 Å². The van der Waals surface area contributed by atoms with Gasteiger partial charge in [-0.25, -0.2) is 16.8 Å². The van der Waals surface area contributed by atoms with E-state index >= 15 is 0 Å². The lowest BCUT2D eigenvalue weighted by atomic mass is 10.1. The van der Waals surface area contributed by atoms with Gasteiger partial charge in [0.1, 0.15) is 12.1 Å². The number of nitrogens with one attached hydrogen (secondary N) is 2. The van der Waals surface area contributed by atoms with Crippen LogP contribution in [0.3, 0.4) is 0 Å². The predicted octanol–water partition coefficient (Wildman–Crippen LogP) is 3.54. The monoisotopic (exact) mass is 620 g/mol. The quantitative estimate of drug-likeness (QED) is 0.128. The number of fused-ring (bicyclic) bond motifs is 2. The first-order valence-corrected chi connectivity index (χ1v) is 17.2. The Kier molecular flexibility index (Phi) is 9.38. The molecule has 0 amide bonds. The molecule has 0 aromatic heterocycles. The normalized spacial score (nSPS) is 13.7. The van der Waals surface area contributed by atoms with Crippen LogP contribution >= 0.6 is 21.6 Å². The Morgan fingerprint density at radius 3 is 1.32 bits per heavy atom. The molecule has 0 saturated heterocycles. The van der Waals surface area contributed by atoms with Gasteiger partial charge < -0.3 is 10.2 Å². The smallest absolute Gasteiger partial charge is 0.322 e.